The van der Waals surface area contributed by atoms with E-state index in [2.05, 4.69) is 129 Å². The SMILES string of the molecule is C=[CH][Sn]([CH]=C)([c]1c(C(C)C)cc(C(C)C)cc1C(C)C)[c]1c(C(C)C)cc(C(C)C)cc1C(C)C. The fraction of sp³-hybridized carbons (Fsp3) is 0.529. The molecule has 192 valence electrons. The van der Waals surface area contributed by atoms with Crippen molar-refractivity contribution >= 4 is 25.5 Å². The minimum atomic E-state index is -3.57. The molecule has 0 aromatic heterocycles. The molecule has 0 nitrogen and oxygen atoms in total. The molecule has 0 atom stereocenters. The van der Waals surface area contributed by atoms with Crippen molar-refractivity contribution in [2.24, 2.45) is 0 Å². The van der Waals surface area contributed by atoms with Crippen molar-refractivity contribution in [2.75, 3.05) is 0 Å². The first kappa shape index (κ1) is 29.9. The third kappa shape index (κ3) is 5.84. The van der Waals surface area contributed by atoms with Crippen LogP contribution >= 0.6 is 0 Å². The van der Waals surface area contributed by atoms with Gasteiger partial charge in [-0.2, -0.15) is 0 Å². The Balaban J connectivity index is 3.24. The van der Waals surface area contributed by atoms with E-state index < -0.39 is 18.4 Å². The topological polar surface area (TPSA) is 0 Å². The van der Waals surface area contributed by atoms with Crippen molar-refractivity contribution in [1.82, 2.24) is 0 Å². The van der Waals surface area contributed by atoms with E-state index in [-0.39, 0.29) is 0 Å². The summed E-state index contributed by atoms with van der Waals surface area (Å²) >= 11 is -3.57. The average molecular weight is 580 g/mol. The van der Waals surface area contributed by atoms with Crippen LogP contribution in [0.2, 0.25) is 0 Å². The van der Waals surface area contributed by atoms with E-state index in [9.17, 15) is 0 Å². The van der Waals surface area contributed by atoms with Gasteiger partial charge in [0.25, 0.3) is 0 Å². The van der Waals surface area contributed by atoms with E-state index in [0.29, 0.717) is 35.5 Å². The third-order valence-electron chi connectivity index (χ3n) is 7.74. The van der Waals surface area contributed by atoms with Gasteiger partial charge in [-0.15, -0.1) is 0 Å². The van der Waals surface area contributed by atoms with Gasteiger partial charge in [0.1, 0.15) is 0 Å². The Morgan fingerprint density at radius 2 is 0.686 bits per heavy atom. The Morgan fingerprint density at radius 3 is 0.829 bits per heavy atom. The first-order chi connectivity index (χ1) is 16.2. The summed E-state index contributed by atoms with van der Waals surface area (Å²) in [6, 6.07) is 10.1. The van der Waals surface area contributed by atoms with Crippen LogP contribution in [0.3, 0.4) is 0 Å². The molecule has 0 radical (unpaired) electrons. The molecule has 0 bridgehead atoms. The Morgan fingerprint density at radius 1 is 0.457 bits per heavy atom. The molecule has 35 heavy (non-hydrogen) atoms. The normalized spacial score (nSPS) is 12.6. The van der Waals surface area contributed by atoms with Gasteiger partial charge in [0.05, 0.1) is 0 Å². The molecule has 0 aliphatic rings. The van der Waals surface area contributed by atoms with Crippen LogP contribution in [0.15, 0.2) is 45.6 Å². The van der Waals surface area contributed by atoms with Crippen molar-refractivity contribution in [3.8, 4) is 0 Å². The molecule has 0 saturated carbocycles. The van der Waals surface area contributed by atoms with Crippen LogP contribution in [0, 0.1) is 0 Å². The van der Waals surface area contributed by atoms with Gasteiger partial charge < -0.3 is 0 Å². The summed E-state index contributed by atoms with van der Waals surface area (Å²) in [5, 5.41) is 0. The van der Waals surface area contributed by atoms with E-state index in [1.807, 2.05) is 0 Å². The van der Waals surface area contributed by atoms with Crippen LogP contribution in [-0.2, 0) is 0 Å². The van der Waals surface area contributed by atoms with Crippen LogP contribution in [0.4, 0.5) is 0 Å². The predicted octanol–water partition coefficient (Wildman–Crippen LogP) is 9.44. The molecule has 0 amide bonds. The van der Waals surface area contributed by atoms with Crippen LogP contribution in [0.25, 0.3) is 0 Å². The molecular weight excluding hydrogens is 527 g/mol. The van der Waals surface area contributed by atoms with E-state index in [4.69, 9.17) is 0 Å². The van der Waals surface area contributed by atoms with E-state index in [1.165, 1.54) is 33.4 Å². The molecule has 0 unspecified atom stereocenters. The molecule has 1 heteroatoms. The van der Waals surface area contributed by atoms with Crippen LogP contribution in [0.1, 0.15) is 152 Å². The van der Waals surface area contributed by atoms with E-state index in [1.54, 1.807) is 7.16 Å². The Kier molecular flexibility index (Phi) is 10.1. The molecule has 0 heterocycles. The summed E-state index contributed by atoms with van der Waals surface area (Å²) in [5.74, 6) is 2.85. The maximum atomic E-state index is 4.60. The summed E-state index contributed by atoms with van der Waals surface area (Å²) in [6.45, 7) is 37.4. The predicted molar refractivity (Wildman–Crippen MR) is 163 cm³/mol. The van der Waals surface area contributed by atoms with Gasteiger partial charge in [0.2, 0.25) is 0 Å². The molecule has 2 aromatic carbocycles. The first-order valence-electron chi connectivity index (χ1n) is 13.9. The maximum absolute atomic E-state index is 4.60. The summed E-state index contributed by atoms with van der Waals surface area (Å²) in [7, 11) is 0. The summed E-state index contributed by atoms with van der Waals surface area (Å²) in [4.78, 5) is 0. The van der Waals surface area contributed by atoms with Crippen LogP contribution in [0.5, 0.6) is 0 Å². The molecular formula is C34H52Sn. The molecule has 2 rings (SSSR count). The zero-order valence-corrected chi connectivity index (χ0v) is 27.7. The molecule has 0 aliphatic carbocycles. The quantitative estimate of drug-likeness (QED) is 0.246. The number of hydrogen-bond donors (Lipinski definition) is 0. The second-order valence-electron chi connectivity index (χ2n) is 12.4. The standard InChI is InChI=1S/2C15H23.2C2H3.Sn/c2*1-10(2)13-7-14(11(3)4)9-15(8-13)12(5)6;2*1-2;/h2*7-8,10-12H,1-6H3;2*1H,2H2;. The van der Waals surface area contributed by atoms with Gasteiger partial charge in [-0.1, -0.05) is 0 Å². The molecule has 0 fully saturated rings. The van der Waals surface area contributed by atoms with Crippen LogP contribution < -0.4 is 7.16 Å². The van der Waals surface area contributed by atoms with Crippen molar-refractivity contribution in [3.05, 3.63) is 79.0 Å². The molecule has 2 aromatic rings. The molecule has 0 saturated heterocycles. The Hall–Kier alpha value is -1.28. The number of hydrogen-bond acceptors (Lipinski definition) is 0. The second kappa shape index (κ2) is 11.8. The van der Waals surface area contributed by atoms with Gasteiger partial charge in [-0.3, -0.25) is 0 Å². The molecule has 0 spiro atoms. The zero-order chi connectivity index (χ0) is 26.8. The van der Waals surface area contributed by atoms with Crippen molar-refractivity contribution in [3.63, 3.8) is 0 Å². The Bertz CT molecular complexity index is 903. The van der Waals surface area contributed by atoms with Gasteiger partial charge in [0.15, 0.2) is 0 Å². The third-order valence-corrected chi connectivity index (χ3v) is 19.4. The fourth-order valence-electron chi connectivity index (χ4n) is 5.48. The van der Waals surface area contributed by atoms with Crippen LogP contribution in [-0.4, -0.2) is 18.4 Å². The van der Waals surface area contributed by atoms with E-state index in [0.717, 1.165) is 0 Å². The summed E-state index contributed by atoms with van der Waals surface area (Å²) in [6.07, 6.45) is 0. The number of rotatable bonds is 10. The minimum absolute atomic E-state index is 0.456. The average Bonchev–Trinajstić information content (AvgIpc) is 2.78. The second-order valence-corrected chi connectivity index (χ2v) is 22.5. The van der Waals surface area contributed by atoms with Gasteiger partial charge in [-0.05, 0) is 0 Å². The summed E-state index contributed by atoms with van der Waals surface area (Å²) < 4.78 is 8.01. The van der Waals surface area contributed by atoms with E-state index >= 15 is 0 Å². The van der Waals surface area contributed by atoms with Gasteiger partial charge in [-0.25, -0.2) is 0 Å². The Labute approximate surface area is 222 Å². The molecule has 0 N–H and O–H groups in total. The van der Waals surface area contributed by atoms with Crippen molar-refractivity contribution in [1.29, 1.82) is 0 Å². The zero-order valence-electron chi connectivity index (χ0n) is 24.8. The summed E-state index contributed by atoms with van der Waals surface area (Å²) in [5.41, 5.74) is 9.00. The van der Waals surface area contributed by atoms with Crippen molar-refractivity contribution < 1.29 is 0 Å². The fourth-order valence-corrected chi connectivity index (χ4v) is 18.6. The van der Waals surface area contributed by atoms with Gasteiger partial charge in [0, 0.05) is 0 Å². The first-order valence-corrected chi connectivity index (χ1v) is 20.0. The van der Waals surface area contributed by atoms with Gasteiger partial charge >= 0.3 is 223 Å². The monoisotopic (exact) mass is 580 g/mol. The van der Waals surface area contributed by atoms with Crippen molar-refractivity contribution in [2.45, 2.75) is 119 Å². The number of benzene rings is 2. The molecule has 0 aliphatic heterocycles.